The molecular weight excluding hydrogens is 269 g/mol. The third-order valence-corrected chi connectivity index (χ3v) is 3.33. The standard InChI is InChI=1S/C17H20FNO2/c1-4-19-16(12-7-5-8-13(18)11-12)14-9-6-10-15(20-2)17(14)21-3/h5-11,16,19H,4H2,1-3H3. The van der Waals surface area contributed by atoms with Gasteiger partial charge >= 0.3 is 0 Å². The van der Waals surface area contributed by atoms with Gasteiger partial charge in [0.15, 0.2) is 11.5 Å². The second-order valence-electron chi connectivity index (χ2n) is 4.63. The van der Waals surface area contributed by atoms with Gasteiger partial charge in [-0.05, 0) is 30.3 Å². The molecule has 0 aliphatic rings. The second-order valence-corrected chi connectivity index (χ2v) is 4.63. The van der Waals surface area contributed by atoms with E-state index in [1.807, 2.05) is 31.2 Å². The van der Waals surface area contributed by atoms with E-state index >= 15 is 0 Å². The lowest BCUT2D eigenvalue weighted by Crippen LogP contribution is -2.22. The van der Waals surface area contributed by atoms with E-state index in [1.165, 1.54) is 12.1 Å². The maximum atomic E-state index is 13.5. The number of halogens is 1. The summed E-state index contributed by atoms with van der Waals surface area (Å²) in [5.41, 5.74) is 1.77. The zero-order valence-electron chi connectivity index (χ0n) is 12.5. The van der Waals surface area contributed by atoms with Gasteiger partial charge < -0.3 is 14.8 Å². The van der Waals surface area contributed by atoms with Crippen LogP contribution in [-0.4, -0.2) is 20.8 Å². The molecule has 0 saturated carbocycles. The van der Waals surface area contributed by atoms with Crippen LogP contribution in [0, 0.1) is 5.82 Å². The minimum atomic E-state index is -0.253. The molecule has 3 nitrogen and oxygen atoms in total. The van der Waals surface area contributed by atoms with Crippen LogP contribution in [0.4, 0.5) is 4.39 Å². The van der Waals surface area contributed by atoms with Crippen molar-refractivity contribution in [3.8, 4) is 11.5 Å². The molecule has 0 aliphatic carbocycles. The highest BCUT2D eigenvalue weighted by Crippen LogP contribution is 2.37. The van der Waals surface area contributed by atoms with E-state index in [2.05, 4.69) is 5.32 Å². The molecule has 21 heavy (non-hydrogen) atoms. The summed E-state index contributed by atoms with van der Waals surface area (Å²) in [4.78, 5) is 0. The van der Waals surface area contributed by atoms with Crippen molar-refractivity contribution in [2.75, 3.05) is 20.8 Å². The van der Waals surface area contributed by atoms with Crippen LogP contribution in [0.1, 0.15) is 24.1 Å². The van der Waals surface area contributed by atoms with E-state index in [1.54, 1.807) is 20.3 Å². The summed E-state index contributed by atoms with van der Waals surface area (Å²) in [7, 11) is 3.21. The summed E-state index contributed by atoms with van der Waals surface area (Å²) in [6.07, 6.45) is 0. The fourth-order valence-corrected chi connectivity index (χ4v) is 2.44. The summed E-state index contributed by atoms with van der Waals surface area (Å²) in [6.45, 7) is 2.76. The Hall–Kier alpha value is -2.07. The van der Waals surface area contributed by atoms with Crippen LogP contribution in [0.5, 0.6) is 11.5 Å². The number of rotatable bonds is 6. The van der Waals surface area contributed by atoms with Crippen molar-refractivity contribution < 1.29 is 13.9 Å². The molecule has 2 aromatic carbocycles. The van der Waals surface area contributed by atoms with Gasteiger partial charge in [-0.2, -0.15) is 0 Å². The Kier molecular flexibility index (Phi) is 5.17. The predicted octanol–water partition coefficient (Wildman–Crippen LogP) is 3.54. The molecule has 0 aromatic heterocycles. The van der Waals surface area contributed by atoms with Crippen molar-refractivity contribution in [3.05, 3.63) is 59.4 Å². The fourth-order valence-electron chi connectivity index (χ4n) is 2.44. The van der Waals surface area contributed by atoms with Gasteiger partial charge in [0.2, 0.25) is 0 Å². The molecule has 2 aromatic rings. The molecule has 0 bridgehead atoms. The third kappa shape index (κ3) is 3.34. The maximum absolute atomic E-state index is 13.5. The van der Waals surface area contributed by atoms with Crippen LogP contribution in [0.25, 0.3) is 0 Å². The molecule has 0 spiro atoms. The molecule has 4 heteroatoms. The molecule has 0 fully saturated rings. The summed E-state index contributed by atoms with van der Waals surface area (Å²) in [5.74, 6) is 1.07. The Morgan fingerprint density at radius 2 is 1.86 bits per heavy atom. The van der Waals surface area contributed by atoms with Crippen LogP contribution in [0.15, 0.2) is 42.5 Å². The first-order valence-corrected chi connectivity index (χ1v) is 6.91. The Labute approximate surface area is 124 Å². The van der Waals surface area contributed by atoms with E-state index < -0.39 is 0 Å². The van der Waals surface area contributed by atoms with Gasteiger partial charge in [0.25, 0.3) is 0 Å². The Morgan fingerprint density at radius 1 is 1.10 bits per heavy atom. The highest BCUT2D eigenvalue weighted by molar-refractivity contribution is 5.50. The zero-order chi connectivity index (χ0) is 15.2. The Morgan fingerprint density at radius 3 is 2.48 bits per heavy atom. The average molecular weight is 289 g/mol. The summed E-state index contributed by atoms with van der Waals surface area (Å²) in [6, 6.07) is 12.1. The number of ether oxygens (including phenoxy) is 2. The number of hydrogen-bond acceptors (Lipinski definition) is 3. The SMILES string of the molecule is CCNC(c1cccc(F)c1)c1cccc(OC)c1OC. The lowest BCUT2D eigenvalue weighted by atomic mass is 9.97. The maximum Gasteiger partial charge on any atom is 0.165 e. The first kappa shape index (κ1) is 15.3. The molecule has 2 rings (SSSR count). The van der Waals surface area contributed by atoms with Crippen LogP contribution in [0.3, 0.4) is 0 Å². The topological polar surface area (TPSA) is 30.5 Å². The normalized spacial score (nSPS) is 12.0. The number of nitrogens with one attached hydrogen (secondary N) is 1. The van der Waals surface area contributed by atoms with Crippen molar-refractivity contribution in [1.29, 1.82) is 0 Å². The number of hydrogen-bond donors (Lipinski definition) is 1. The molecule has 1 unspecified atom stereocenters. The van der Waals surface area contributed by atoms with E-state index in [0.29, 0.717) is 11.5 Å². The van der Waals surface area contributed by atoms with Gasteiger partial charge in [0, 0.05) is 5.56 Å². The van der Waals surface area contributed by atoms with E-state index in [-0.39, 0.29) is 11.9 Å². The molecule has 0 radical (unpaired) electrons. The highest BCUT2D eigenvalue weighted by Gasteiger charge is 2.20. The average Bonchev–Trinajstić information content (AvgIpc) is 2.51. The molecular formula is C17H20FNO2. The zero-order valence-corrected chi connectivity index (χ0v) is 12.5. The van der Waals surface area contributed by atoms with Gasteiger partial charge in [-0.15, -0.1) is 0 Å². The van der Waals surface area contributed by atoms with Gasteiger partial charge in [0.1, 0.15) is 5.82 Å². The van der Waals surface area contributed by atoms with E-state index in [9.17, 15) is 4.39 Å². The fraction of sp³-hybridized carbons (Fsp3) is 0.294. The first-order valence-electron chi connectivity index (χ1n) is 6.91. The highest BCUT2D eigenvalue weighted by atomic mass is 19.1. The quantitative estimate of drug-likeness (QED) is 0.882. The molecule has 112 valence electrons. The van der Waals surface area contributed by atoms with E-state index in [0.717, 1.165) is 17.7 Å². The van der Waals surface area contributed by atoms with Gasteiger partial charge in [0.05, 0.1) is 20.3 Å². The molecule has 1 N–H and O–H groups in total. The van der Waals surface area contributed by atoms with Crippen LogP contribution < -0.4 is 14.8 Å². The molecule has 1 atom stereocenters. The number of para-hydroxylation sites is 1. The lowest BCUT2D eigenvalue weighted by Gasteiger charge is -2.22. The van der Waals surface area contributed by atoms with Crippen LogP contribution in [0.2, 0.25) is 0 Å². The van der Waals surface area contributed by atoms with Gasteiger partial charge in [-0.1, -0.05) is 31.2 Å². The molecule has 0 heterocycles. The molecule has 0 amide bonds. The number of methoxy groups -OCH3 is 2. The molecule has 0 aliphatic heterocycles. The summed E-state index contributed by atoms with van der Waals surface area (Å²) >= 11 is 0. The van der Waals surface area contributed by atoms with Crippen LogP contribution >= 0.6 is 0 Å². The lowest BCUT2D eigenvalue weighted by molar-refractivity contribution is 0.349. The smallest absolute Gasteiger partial charge is 0.165 e. The predicted molar refractivity (Wildman–Crippen MR) is 81.5 cm³/mol. The summed E-state index contributed by atoms with van der Waals surface area (Å²) < 4.78 is 24.4. The Balaban J connectivity index is 2.52. The third-order valence-electron chi connectivity index (χ3n) is 3.33. The van der Waals surface area contributed by atoms with Crippen molar-refractivity contribution in [3.63, 3.8) is 0 Å². The van der Waals surface area contributed by atoms with Crippen LogP contribution in [-0.2, 0) is 0 Å². The minimum absolute atomic E-state index is 0.157. The van der Waals surface area contributed by atoms with Crippen molar-refractivity contribution in [1.82, 2.24) is 5.32 Å². The molecule has 0 saturated heterocycles. The summed E-state index contributed by atoms with van der Waals surface area (Å²) in [5, 5.41) is 3.37. The monoisotopic (exact) mass is 289 g/mol. The van der Waals surface area contributed by atoms with Crippen molar-refractivity contribution >= 4 is 0 Å². The minimum Gasteiger partial charge on any atom is -0.493 e. The van der Waals surface area contributed by atoms with Crippen molar-refractivity contribution in [2.24, 2.45) is 0 Å². The van der Waals surface area contributed by atoms with Crippen molar-refractivity contribution in [2.45, 2.75) is 13.0 Å². The van der Waals surface area contributed by atoms with Gasteiger partial charge in [-0.25, -0.2) is 4.39 Å². The number of benzene rings is 2. The second kappa shape index (κ2) is 7.09. The van der Waals surface area contributed by atoms with E-state index in [4.69, 9.17) is 9.47 Å². The van der Waals surface area contributed by atoms with Gasteiger partial charge in [-0.3, -0.25) is 0 Å². The Bertz CT molecular complexity index is 601. The largest absolute Gasteiger partial charge is 0.493 e. The first-order chi connectivity index (χ1) is 10.2.